The van der Waals surface area contributed by atoms with E-state index in [1.807, 2.05) is 0 Å². The van der Waals surface area contributed by atoms with Gasteiger partial charge in [-0.05, 0) is 11.5 Å². The zero-order valence-electron chi connectivity index (χ0n) is 5.58. The normalized spacial score (nSPS) is 9.55. The predicted molar refractivity (Wildman–Crippen MR) is 38.2 cm³/mol. The summed E-state index contributed by atoms with van der Waals surface area (Å²) >= 11 is 0.986. The average Bonchev–Trinajstić information content (AvgIpc) is 2.52. The molecule has 0 saturated carbocycles. The van der Waals surface area contributed by atoms with Crippen molar-refractivity contribution >= 4 is 17.4 Å². The molecule has 11 heavy (non-hydrogen) atoms. The van der Waals surface area contributed by atoms with Crippen LogP contribution in [0.15, 0.2) is 6.20 Å². The Hall–Kier alpha value is -1.04. The van der Waals surface area contributed by atoms with E-state index >= 15 is 0 Å². The Morgan fingerprint density at radius 2 is 2.64 bits per heavy atom. The van der Waals surface area contributed by atoms with Crippen LogP contribution in [0.1, 0.15) is 9.67 Å². The van der Waals surface area contributed by atoms with Crippen LogP contribution in [0.25, 0.3) is 0 Å². The van der Waals surface area contributed by atoms with Gasteiger partial charge in [-0.2, -0.15) is 0 Å². The number of nitrogens with zero attached hydrogens (tertiary/aromatic N) is 2. The summed E-state index contributed by atoms with van der Waals surface area (Å²) in [6, 6.07) is 0. The van der Waals surface area contributed by atoms with Crippen molar-refractivity contribution in [2.75, 3.05) is 13.2 Å². The van der Waals surface area contributed by atoms with Gasteiger partial charge in [-0.25, -0.2) is 4.39 Å². The lowest BCUT2D eigenvalue weighted by Gasteiger charge is -1.96. The summed E-state index contributed by atoms with van der Waals surface area (Å²) < 4.78 is 15.0. The Bertz CT molecular complexity index is 226. The topological polar surface area (TPSA) is 54.9 Å². The maximum absolute atomic E-state index is 11.6. The quantitative estimate of drug-likeness (QED) is 0.715. The maximum atomic E-state index is 11.6. The number of rotatable bonds is 3. The van der Waals surface area contributed by atoms with Crippen LogP contribution >= 0.6 is 11.5 Å². The minimum Gasteiger partial charge on any atom is -0.349 e. The van der Waals surface area contributed by atoms with E-state index in [1.165, 1.54) is 6.20 Å². The molecule has 0 unspecified atom stereocenters. The van der Waals surface area contributed by atoms with Gasteiger partial charge in [-0.15, -0.1) is 5.10 Å². The molecule has 0 aliphatic rings. The highest BCUT2D eigenvalue weighted by Crippen LogP contribution is 2.00. The number of alkyl halides is 1. The van der Waals surface area contributed by atoms with Crippen molar-refractivity contribution in [3.05, 3.63) is 11.1 Å². The minimum atomic E-state index is -0.558. The first kappa shape index (κ1) is 8.06. The smallest absolute Gasteiger partial charge is 0.264 e. The molecule has 0 aliphatic heterocycles. The van der Waals surface area contributed by atoms with Gasteiger partial charge in [0.05, 0.1) is 6.20 Å². The van der Waals surface area contributed by atoms with Gasteiger partial charge in [0.1, 0.15) is 11.6 Å². The summed E-state index contributed by atoms with van der Waals surface area (Å²) in [4.78, 5) is 11.3. The molecule has 1 aromatic rings. The van der Waals surface area contributed by atoms with Crippen LogP contribution in [0.4, 0.5) is 4.39 Å². The molecule has 0 atom stereocenters. The number of amides is 1. The van der Waals surface area contributed by atoms with Gasteiger partial charge in [-0.1, -0.05) is 4.49 Å². The largest absolute Gasteiger partial charge is 0.349 e. The summed E-state index contributed by atoms with van der Waals surface area (Å²) in [5.41, 5.74) is 0. The SMILES string of the molecule is O=C(NCCF)c1cnns1. The molecule has 1 rings (SSSR count). The van der Waals surface area contributed by atoms with Crippen molar-refractivity contribution in [2.24, 2.45) is 0 Å². The van der Waals surface area contributed by atoms with Gasteiger partial charge in [0.15, 0.2) is 0 Å². The van der Waals surface area contributed by atoms with E-state index < -0.39 is 6.67 Å². The number of carbonyl (C=O) groups is 1. The van der Waals surface area contributed by atoms with Crippen molar-refractivity contribution in [1.29, 1.82) is 0 Å². The summed E-state index contributed by atoms with van der Waals surface area (Å²) in [7, 11) is 0. The minimum absolute atomic E-state index is 0.0384. The number of hydrogen-bond acceptors (Lipinski definition) is 4. The summed E-state index contributed by atoms with van der Waals surface area (Å²) in [5.74, 6) is -0.322. The molecule has 60 valence electrons. The van der Waals surface area contributed by atoms with E-state index in [2.05, 4.69) is 14.9 Å². The highest BCUT2D eigenvalue weighted by molar-refractivity contribution is 7.07. The van der Waals surface area contributed by atoms with E-state index in [0.717, 1.165) is 11.5 Å². The van der Waals surface area contributed by atoms with Crippen LogP contribution in [-0.4, -0.2) is 28.7 Å². The van der Waals surface area contributed by atoms with Crippen molar-refractivity contribution in [3.63, 3.8) is 0 Å². The summed E-state index contributed by atoms with van der Waals surface area (Å²) in [6.45, 7) is -0.519. The van der Waals surface area contributed by atoms with Crippen LogP contribution < -0.4 is 5.32 Å². The van der Waals surface area contributed by atoms with Crippen LogP contribution in [0, 0.1) is 0 Å². The fraction of sp³-hybridized carbons (Fsp3) is 0.400. The van der Waals surface area contributed by atoms with Crippen molar-refractivity contribution in [2.45, 2.75) is 0 Å². The van der Waals surface area contributed by atoms with Gasteiger partial charge < -0.3 is 5.32 Å². The first-order valence-corrected chi connectivity index (χ1v) is 3.73. The lowest BCUT2D eigenvalue weighted by atomic mass is 10.5. The molecule has 4 nitrogen and oxygen atoms in total. The molecule has 0 saturated heterocycles. The standard InChI is InChI=1S/C5H6FN3OS/c6-1-2-7-5(10)4-3-8-9-11-4/h3H,1-2H2,(H,7,10). The molecule has 1 amide bonds. The van der Waals surface area contributed by atoms with Gasteiger partial charge in [0.2, 0.25) is 0 Å². The molecular weight excluding hydrogens is 169 g/mol. The Labute approximate surface area is 66.6 Å². The third-order valence-electron chi connectivity index (χ3n) is 0.965. The van der Waals surface area contributed by atoms with E-state index in [-0.39, 0.29) is 12.5 Å². The molecule has 0 spiro atoms. The Kier molecular flexibility index (Phi) is 2.91. The van der Waals surface area contributed by atoms with Crippen LogP contribution in [0.5, 0.6) is 0 Å². The first-order chi connectivity index (χ1) is 5.34. The summed E-state index contributed by atoms with van der Waals surface area (Å²) in [6.07, 6.45) is 1.35. The molecule has 0 radical (unpaired) electrons. The monoisotopic (exact) mass is 175 g/mol. The number of nitrogens with one attached hydrogen (secondary N) is 1. The van der Waals surface area contributed by atoms with E-state index in [9.17, 15) is 9.18 Å². The fourth-order valence-electron chi connectivity index (χ4n) is 0.515. The van der Waals surface area contributed by atoms with Gasteiger partial charge in [0, 0.05) is 6.54 Å². The molecule has 0 bridgehead atoms. The second-order valence-electron chi connectivity index (χ2n) is 1.73. The molecule has 0 aromatic carbocycles. The van der Waals surface area contributed by atoms with E-state index in [1.54, 1.807) is 0 Å². The van der Waals surface area contributed by atoms with Crippen molar-refractivity contribution in [3.8, 4) is 0 Å². The second-order valence-corrected chi connectivity index (χ2v) is 2.51. The fourth-order valence-corrected chi connectivity index (χ4v) is 0.947. The van der Waals surface area contributed by atoms with Gasteiger partial charge in [0.25, 0.3) is 5.91 Å². The third-order valence-corrected chi connectivity index (χ3v) is 1.63. The molecule has 0 fully saturated rings. The van der Waals surface area contributed by atoms with E-state index in [0.29, 0.717) is 4.88 Å². The zero-order chi connectivity index (χ0) is 8.10. The zero-order valence-corrected chi connectivity index (χ0v) is 6.40. The van der Waals surface area contributed by atoms with Crippen LogP contribution in [-0.2, 0) is 0 Å². The number of carbonyl (C=O) groups excluding carboxylic acids is 1. The number of hydrogen-bond donors (Lipinski definition) is 1. The second kappa shape index (κ2) is 3.97. The third kappa shape index (κ3) is 2.23. The lowest BCUT2D eigenvalue weighted by molar-refractivity contribution is 0.0954. The molecular formula is C5H6FN3OS. The van der Waals surface area contributed by atoms with Crippen LogP contribution in [0.2, 0.25) is 0 Å². The molecule has 1 heterocycles. The van der Waals surface area contributed by atoms with Crippen molar-refractivity contribution in [1.82, 2.24) is 14.9 Å². The lowest BCUT2D eigenvalue weighted by Crippen LogP contribution is -2.24. The highest BCUT2D eigenvalue weighted by Gasteiger charge is 2.05. The molecule has 6 heteroatoms. The van der Waals surface area contributed by atoms with Crippen molar-refractivity contribution < 1.29 is 9.18 Å². The highest BCUT2D eigenvalue weighted by atomic mass is 32.1. The molecule has 1 N–H and O–H groups in total. The average molecular weight is 175 g/mol. The Balaban J connectivity index is 2.43. The maximum Gasteiger partial charge on any atom is 0.264 e. The van der Waals surface area contributed by atoms with E-state index in [4.69, 9.17) is 0 Å². The van der Waals surface area contributed by atoms with Crippen LogP contribution in [0.3, 0.4) is 0 Å². The first-order valence-electron chi connectivity index (χ1n) is 2.96. The number of halogens is 1. The summed E-state index contributed by atoms with van der Waals surface area (Å²) in [5, 5.41) is 5.82. The Morgan fingerprint density at radius 3 is 3.18 bits per heavy atom. The van der Waals surface area contributed by atoms with Gasteiger partial charge in [-0.3, -0.25) is 4.79 Å². The van der Waals surface area contributed by atoms with Gasteiger partial charge >= 0.3 is 0 Å². The molecule has 1 aromatic heterocycles. The predicted octanol–water partition coefficient (Wildman–Crippen LogP) is 0.237. The number of aromatic nitrogens is 2. The Morgan fingerprint density at radius 1 is 1.82 bits per heavy atom. The molecule has 0 aliphatic carbocycles.